The van der Waals surface area contributed by atoms with Crippen molar-refractivity contribution >= 4 is 11.6 Å². The number of nitrogens with zero attached hydrogens (tertiary/aromatic N) is 1. The van der Waals surface area contributed by atoms with E-state index in [9.17, 15) is 4.79 Å². The molecule has 0 aliphatic carbocycles. The van der Waals surface area contributed by atoms with Crippen LogP contribution in [0.4, 0.5) is 5.69 Å². The van der Waals surface area contributed by atoms with Crippen LogP contribution in [0.3, 0.4) is 0 Å². The third-order valence-corrected chi connectivity index (χ3v) is 4.69. The summed E-state index contributed by atoms with van der Waals surface area (Å²) in [5.41, 5.74) is 8.37. The van der Waals surface area contributed by atoms with Gasteiger partial charge in [0.15, 0.2) is 0 Å². The first kappa shape index (κ1) is 16.5. The zero-order chi connectivity index (χ0) is 16.8. The van der Waals surface area contributed by atoms with Gasteiger partial charge >= 0.3 is 0 Å². The van der Waals surface area contributed by atoms with Crippen LogP contribution in [-0.2, 0) is 6.42 Å². The molecule has 0 atom stereocenters. The van der Waals surface area contributed by atoms with Crippen LogP contribution in [0.15, 0.2) is 54.6 Å². The number of likely N-dealkylation sites (tertiary alicyclic amines) is 1. The second kappa shape index (κ2) is 7.97. The van der Waals surface area contributed by atoms with Crippen molar-refractivity contribution < 1.29 is 4.79 Å². The second-order valence-corrected chi connectivity index (χ2v) is 6.41. The zero-order valence-electron chi connectivity index (χ0n) is 13.9. The number of nitrogens with two attached hydrogens (primary N) is 1. The lowest BCUT2D eigenvalue weighted by Gasteiger charge is -2.32. The Bertz CT molecular complexity index is 664. The van der Waals surface area contributed by atoms with Gasteiger partial charge in [-0.25, -0.2) is 0 Å². The van der Waals surface area contributed by atoms with E-state index >= 15 is 0 Å². The molecule has 24 heavy (non-hydrogen) atoms. The summed E-state index contributed by atoms with van der Waals surface area (Å²) in [6.45, 7) is 3.14. The topological polar surface area (TPSA) is 58.4 Å². The van der Waals surface area contributed by atoms with Crippen molar-refractivity contribution in [1.82, 2.24) is 10.2 Å². The average molecular weight is 323 g/mol. The maximum absolute atomic E-state index is 12.3. The minimum atomic E-state index is -0.0594. The number of piperidine rings is 1. The SMILES string of the molecule is Nc1ccccc1C(=O)NC1CCN(CCc2ccccc2)CC1. The molecule has 3 rings (SSSR count). The van der Waals surface area contributed by atoms with E-state index in [0.29, 0.717) is 11.3 Å². The van der Waals surface area contributed by atoms with E-state index in [4.69, 9.17) is 5.73 Å². The number of para-hydroxylation sites is 1. The fourth-order valence-corrected chi connectivity index (χ4v) is 3.20. The number of nitrogens with one attached hydrogen (secondary N) is 1. The predicted molar refractivity (Wildman–Crippen MR) is 97.9 cm³/mol. The molecule has 0 spiro atoms. The molecule has 0 unspecified atom stereocenters. The fraction of sp³-hybridized carbons (Fsp3) is 0.350. The van der Waals surface area contributed by atoms with Crippen molar-refractivity contribution in [3.63, 3.8) is 0 Å². The van der Waals surface area contributed by atoms with Crippen LogP contribution in [0, 0.1) is 0 Å². The van der Waals surface area contributed by atoms with Gasteiger partial charge in [-0.2, -0.15) is 0 Å². The molecule has 126 valence electrons. The van der Waals surface area contributed by atoms with E-state index in [1.807, 2.05) is 12.1 Å². The Morgan fingerprint density at radius 2 is 1.71 bits per heavy atom. The van der Waals surface area contributed by atoms with Crippen LogP contribution < -0.4 is 11.1 Å². The van der Waals surface area contributed by atoms with Crippen LogP contribution >= 0.6 is 0 Å². The quantitative estimate of drug-likeness (QED) is 0.832. The van der Waals surface area contributed by atoms with Crippen LogP contribution in [0.2, 0.25) is 0 Å². The van der Waals surface area contributed by atoms with Gasteiger partial charge in [-0.05, 0) is 37.0 Å². The highest BCUT2D eigenvalue weighted by atomic mass is 16.1. The maximum Gasteiger partial charge on any atom is 0.253 e. The van der Waals surface area contributed by atoms with Crippen LogP contribution in [0.1, 0.15) is 28.8 Å². The monoisotopic (exact) mass is 323 g/mol. The Labute approximate surface area is 143 Å². The van der Waals surface area contributed by atoms with Crippen LogP contribution in [-0.4, -0.2) is 36.5 Å². The van der Waals surface area contributed by atoms with Crippen molar-refractivity contribution in [1.29, 1.82) is 0 Å². The summed E-state index contributed by atoms with van der Waals surface area (Å²) in [5.74, 6) is -0.0594. The minimum Gasteiger partial charge on any atom is -0.398 e. The summed E-state index contributed by atoms with van der Waals surface area (Å²) in [4.78, 5) is 14.8. The molecule has 1 fully saturated rings. The van der Waals surface area contributed by atoms with Crippen molar-refractivity contribution in [2.45, 2.75) is 25.3 Å². The smallest absolute Gasteiger partial charge is 0.253 e. The van der Waals surface area contributed by atoms with Gasteiger partial charge in [-0.15, -0.1) is 0 Å². The molecule has 1 amide bonds. The molecular formula is C20H25N3O. The van der Waals surface area contributed by atoms with E-state index in [2.05, 4.69) is 40.5 Å². The predicted octanol–water partition coefficient (Wildman–Crippen LogP) is 2.71. The Kier molecular flexibility index (Phi) is 5.49. The van der Waals surface area contributed by atoms with E-state index in [-0.39, 0.29) is 11.9 Å². The number of amides is 1. The molecule has 2 aromatic rings. The van der Waals surface area contributed by atoms with E-state index < -0.39 is 0 Å². The van der Waals surface area contributed by atoms with Crippen LogP contribution in [0.5, 0.6) is 0 Å². The van der Waals surface area contributed by atoms with Crippen LogP contribution in [0.25, 0.3) is 0 Å². The number of nitrogen functional groups attached to an aromatic ring is 1. The summed E-state index contributed by atoms with van der Waals surface area (Å²) < 4.78 is 0. The Balaban J connectivity index is 1.44. The standard InChI is InChI=1S/C20H25N3O/c21-19-9-5-4-8-18(19)20(24)22-17-11-14-23(15-12-17)13-10-16-6-2-1-3-7-16/h1-9,17H,10-15,21H2,(H,22,24). The number of benzene rings is 2. The summed E-state index contributed by atoms with van der Waals surface area (Å²) in [7, 11) is 0. The summed E-state index contributed by atoms with van der Waals surface area (Å²) in [6, 6.07) is 18.1. The molecule has 1 heterocycles. The molecule has 4 heteroatoms. The molecule has 0 saturated carbocycles. The fourth-order valence-electron chi connectivity index (χ4n) is 3.20. The van der Waals surface area contributed by atoms with Gasteiger partial charge in [0.25, 0.3) is 5.91 Å². The Morgan fingerprint density at radius 3 is 2.42 bits per heavy atom. The molecule has 0 aromatic heterocycles. The minimum absolute atomic E-state index is 0.0594. The molecular weight excluding hydrogens is 298 g/mol. The first-order valence-electron chi connectivity index (χ1n) is 8.64. The lowest BCUT2D eigenvalue weighted by atomic mass is 10.0. The number of hydrogen-bond donors (Lipinski definition) is 2. The third kappa shape index (κ3) is 4.36. The summed E-state index contributed by atoms with van der Waals surface area (Å²) in [5, 5.41) is 3.12. The van der Waals surface area contributed by atoms with E-state index in [1.165, 1.54) is 5.56 Å². The molecule has 4 nitrogen and oxygen atoms in total. The second-order valence-electron chi connectivity index (χ2n) is 6.41. The molecule has 2 aromatic carbocycles. The van der Waals surface area contributed by atoms with E-state index in [0.717, 1.165) is 38.9 Å². The van der Waals surface area contributed by atoms with Gasteiger partial charge in [0.2, 0.25) is 0 Å². The first-order valence-corrected chi connectivity index (χ1v) is 8.64. The zero-order valence-corrected chi connectivity index (χ0v) is 13.9. The molecule has 3 N–H and O–H groups in total. The lowest BCUT2D eigenvalue weighted by Crippen LogP contribution is -2.45. The van der Waals surface area contributed by atoms with Gasteiger partial charge < -0.3 is 16.0 Å². The highest BCUT2D eigenvalue weighted by molar-refractivity contribution is 5.99. The lowest BCUT2D eigenvalue weighted by molar-refractivity contribution is 0.0912. The van der Waals surface area contributed by atoms with Gasteiger partial charge in [-0.1, -0.05) is 42.5 Å². The highest BCUT2D eigenvalue weighted by Gasteiger charge is 2.21. The molecule has 1 aliphatic heterocycles. The Hall–Kier alpha value is -2.33. The molecule has 0 radical (unpaired) electrons. The van der Waals surface area contributed by atoms with Gasteiger partial charge in [0, 0.05) is 31.4 Å². The van der Waals surface area contributed by atoms with Crippen molar-refractivity contribution in [2.75, 3.05) is 25.4 Å². The van der Waals surface area contributed by atoms with Gasteiger partial charge in [-0.3, -0.25) is 4.79 Å². The van der Waals surface area contributed by atoms with E-state index in [1.54, 1.807) is 12.1 Å². The number of hydrogen-bond acceptors (Lipinski definition) is 3. The number of rotatable bonds is 5. The number of carbonyl (C=O) groups is 1. The normalized spacial score (nSPS) is 16.0. The maximum atomic E-state index is 12.3. The largest absolute Gasteiger partial charge is 0.398 e. The van der Waals surface area contributed by atoms with Gasteiger partial charge in [0.1, 0.15) is 0 Å². The number of carbonyl (C=O) groups excluding carboxylic acids is 1. The summed E-state index contributed by atoms with van der Waals surface area (Å²) >= 11 is 0. The van der Waals surface area contributed by atoms with Crippen molar-refractivity contribution in [3.8, 4) is 0 Å². The van der Waals surface area contributed by atoms with Crippen molar-refractivity contribution in [3.05, 3.63) is 65.7 Å². The summed E-state index contributed by atoms with van der Waals surface area (Å²) in [6.07, 6.45) is 3.07. The third-order valence-electron chi connectivity index (χ3n) is 4.69. The highest BCUT2D eigenvalue weighted by Crippen LogP contribution is 2.14. The van der Waals surface area contributed by atoms with Gasteiger partial charge in [0.05, 0.1) is 5.56 Å². The Morgan fingerprint density at radius 1 is 1.04 bits per heavy atom. The van der Waals surface area contributed by atoms with Crippen molar-refractivity contribution in [2.24, 2.45) is 0 Å². The molecule has 0 bridgehead atoms. The molecule has 1 aliphatic rings. The molecule has 1 saturated heterocycles. The first-order chi connectivity index (χ1) is 11.7. The number of anilines is 1. The average Bonchev–Trinajstić information content (AvgIpc) is 2.62.